The van der Waals surface area contributed by atoms with Gasteiger partial charge in [0.2, 0.25) is 5.91 Å². The molecule has 3 rings (SSSR count). The molecule has 0 spiro atoms. The summed E-state index contributed by atoms with van der Waals surface area (Å²) in [6.45, 7) is 0. The van der Waals surface area contributed by atoms with Crippen molar-refractivity contribution in [2.24, 2.45) is 0 Å². The number of nitro benzene ring substituents is 1. The van der Waals surface area contributed by atoms with E-state index in [0.29, 0.717) is 11.3 Å². The normalized spacial score (nSPS) is 10.7. The van der Waals surface area contributed by atoms with E-state index in [1.54, 1.807) is 36.4 Å². The Morgan fingerprint density at radius 1 is 1.20 bits per heavy atom. The van der Waals surface area contributed by atoms with E-state index in [-0.39, 0.29) is 11.6 Å². The molecule has 1 aromatic heterocycles. The number of carbonyl (C=O) groups excluding carboxylic acids is 1. The van der Waals surface area contributed by atoms with Gasteiger partial charge in [-0.15, -0.1) is 5.10 Å². The van der Waals surface area contributed by atoms with Crippen LogP contribution in [-0.4, -0.2) is 31.0 Å². The predicted molar refractivity (Wildman–Crippen MR) is 89.9 cm³/mol. The molecule has 0 saturated carbocycles. The summed E-state index contributed by atoms with van der Waals surface area (Å²) in [5.41, 5.74) is 1.90. The summed E-state index contributed by atoms with van der Waals surface area (Å²) in [6.07, 6.45) is 4.29. The average molecular weight is 336 g/mol. The van der Waals surface area contributed by atoms with Crippen molar-refractivity contribution >= 4 is 23.4 Å². The van der Waals surface area contributed by atoms with Crippen LogP contribution in [0.1, 0.15) is 5.56 Å². The molecular weight excluding hydrogens is 324 g/mol. The molecule has 25 heavy (non-hydrogen) atoms. The number of anilines is 1. The first-order valence-electron chi connectivity index (χ1n) is 7.19. The summed E-state index contributed by atoms with van der Waals surface area (Å²) < 4.78 is 1.49. The van der Waals surface area contributed by atoms with E-state index >= 15 is 0 Å². The topological polar surface area (TPSA) is 116 Å². The van der Waals surface area contributed by atoms with Crippen molar-refractivity contribution in [3.8, 4) is 5.69 Å². The fourth-order valence-electron chi connectivity index (χ4n) is 2.07. The maximum atomic E-state index is 11.9. The lowest BCUT2D eigenvalue weighted by molar-refractivity contribution is -0.384. The van der Waals surface area contributed by atoms with Crippen LogP contribution in [0.4, 0.5) is 11.4 Å². The first-order valence-corrected chi connectivity index (χ1v) is 7.19. The van der Waals surface area contributed by atoms with E-state index < -0.39 is 4.92 Å². The van der Waals surface area contributed by atoms with Gasteiger partial charge in [0.15, 0.2) is 0 Å². The third-order valence-corrected chi connectivity index (χ3v) is 3.26. The average Bonchev–Trinajstić information content (AvgIpc) is 3.15. The summed E-state index contributed by atoms with van der Waals surface area (Å²) in [7, 11) is 0. The van der Waals surface area contributed by atoms with Gasteiger partial charge in [-0.1, -0.05) is 12.1 Å². The van der Waals surface area contributed by atoms with Gasteiger partial charge in [0.05, 0.1) is 10.6 Å². The van der Waals surface area contributed by atoms with Gasteiger partial charge < -0.3 is 5.32 Å². The van der Waals surface area contributed by atoms with Crippen molar-refractivity contribution in [2.75, 3.05) is 5.32 Å². The number of non-ortho nitro benzene ring substituents is 1. The maximum Gasteiger partial charge on any atom is 0.270 e. The van der Waals surface area contributed by atoms with Crippen molar-refractivity contribution in [1.82, 2.24) is 20.2 Å². The zero-order chi connectivity index (χ0) is 17.6. The molecule has 0 aliphatic heterocycles. The second-order valence-corrected chi connectivity index (χ2v) is 4.98. The van der Waals surface area contributed by atoms with Gasteiger partial charge in [-0.3, -0.25) is 14.9 Å². The lowest BCUT2D eigenvalue weighted by atomic mass is 10.2. The van der Waals surface area contributed by atoms with Crippen LogP contribution in [0.2, 0.25) is 0 Å². The number of nitrogens with zero attached hydrogens (tertiary/aromatic N) is 5. The first-order chi connectivity index (χ1) is 12.1. The molecule has 1 N–H and O–H groups in total. The van der Waals surface area contributed by atoms with Crippen LogP contribution in [-0.2, 0) is 4.79 Å². The highest BCUT2D eigenvalue weighted by atomic mass is 16.6. The van der Waals surface area contributed by atoms with Crippen molar-refractivity contribution < 1.29 is 9.72 Å². The Balaban J connectivity index is 1.64. The lowest BCUT2D eigenvalue weighted by Crippen LogP contribution is -2.07. The zero-order valence-corrected chi connectivity index (χ0v) is 12.8. The molecule has 0 aliphatic carbocycles. The molecule has 0 fully saturated rings. The van der Waals surface area contributed by atoms with E-state index in [0.717, 1.165) is 5.69 Å². The molecule has 0 bridgehead atoms. The highest BCUT2D eigenvalue weighted by molar-refractivity contribution is 6.02. The number of tetrazole rings is 1. The molecule has 2 aromatic carbocycles. The SMILES string of the molecule is O=C(/C=C/c1cccc([N+](=O)[O-])c1)Nc1ccc(-n2cnnn2)cc1. The lowest BCUT2D eigenvalue weighted by Gasteiger charge is -2.04. The summed E-state index contributed by atoms with van der Waals surface area (Å²) in [4.78, 5) is 22.2. The molecule has 0 radical (unpaired) electrons. The first kappa shape index (κ1) is 16.0. The number of nitro groups is 1. The number of benzene rings is 2. The van der Waals surface area contributed by atoms with Gasteiger partial charge in [-0.05, 0) is 46.3 Å². The summed E-state index contributed by atoms with van der Waals surface area (Å²) in [5, 5.41) is 24.3. The monoisotopic (exact) mass is 336 g/mol. The third kappa shape index (κ3) is 4.10. The minimum atomic E-state index is -0.483. The molecular formula is C16H12N6O3. The van der Waals surface area contributed by atoms with Crippen LogP contribution >= 0.6 is 0 Å². The Labute approximate surface area is 141 Å². The summed E-state index contributed by atoms with van der Waals surface area (Å²) >= 11 is 0. The smallest absolute Gasteiger partial charge is 0.270 e. The van der Waals surface area contributed by atoms with Crippen molar-refractivity contribution in [3.63, 3.8) is 0 Å². The summed E-state index contributed by atoms with van der Waals surface area (Å²) in [5.74, 6) is -0.346. The number of carbonyl (C=O) groups is 1. The van der Waals surface area contributed by atoms with Crippen LogP contribution in [0.15, 0.2) is 60.9 Å². The Hall–Kier alpha value is -3.88. The maximum absolute atomic E-state index is 11.9. The standard InChI is InChI=1S/C16H12N6O3/c23-16(9-4-12-2-1-3-15(10-12)22(24)25)18-13-5-7-14(8-6-13)21-11-17-19-20-21/h1-11H,(H,18,23)/b9-4+. The minimum absolute atomic E-state index is 0.0271. The molecule has 3 aromatic rings. The van der Waals surface area contributed by atoms with E-state index in [2.05, 4.69) is 20.8 Å². The molecule has 0 aliphatic rings. The molecule has 1 heterocycles. The van der Waals surface area contributed by atoms with Crippen LogP contribution < -0.4 is 5.32 Å². The second kappa shape index (κ2) is 7.13. The fraction of sp³-hybridized carbons (Fsp3) is 0. The second-order valence-electron chi connectivity index (χ2n) is 4.98. The molecule has 0 unspecified atom stereocenters. The van der Waals surface area contributed by atoms with Crippen LogP contribution in [0.5, 0.6) is 0 Å². The number of rotatable bonds is 5. The fourth-order valence-corrected chi connectivity index (χ4v) is 2.07. The quantitative estimate of drug-likeness (QED) is 0.434. The molecule has 124 valence electrons. The predicted octanol–water partition coefficient (Wildman–Crippen LogP) is 2.22. The van der Waals surface area contributed by atoms with E-state index in [9.17, 15) is 14.9 Å². The van der Waals surface area contributed by atoms with Crippen molar-refractivity contribution in [3.05, 3.63) is 76.6 Å². The number of hydrogen-bond acceptors (Lipinski definition) is 6. The van der Waals surface area contributed by atoms with Crippen molar-refractivity contribution in [1.29, 1.82) is 0 Å². The van der Waals surface area contributed by atoms with E-state index in [1.807, 2.05) is 0 Å². The van der Waals surface area contributed by atoms with Gasteiger partial charge in [0, 0.05) is 23.9 Å². The molecule has 9 heteroatoms. The number of aromatic nitrogens is 4. The van der Waals surface area contributed by atoms with Gasteiger partial charge in [-0.2, -0.15) is 0 Å². The van der Waals surface area contributed by atoms with Crippen molar-refractivity contribution in [2.45, 2.75) is 0 Å². The Kier molecular flexibility index (Phi) is 4.56. The molecule has 0 atom stereocenters. The number of amides is 1. The molecule has 1 amide bonds. The Bertz CT molecular complexity index is 919. The van der Waals surface area contributed by atoms with Gasteiger partial charge in [-0.25, -0.2) is 4.68 Å². The summed E-state index contributed by atoms with van der Waals surface area (Å²) in [6, 6.07) is 13.0. The molecule has 0 saturated heterocycles. The minimum Gasteiger partial charge on any atom is -0.323 e. The number of nitrogens with one attached hydrogen (secondary N) is 1. The zero-order valence-electron chi connectivity index (χ0n) is 12.8. The highest BCUT2D eigenvalue weighted by Gasteiger charge is 2.04. The van der Waals surface area contributed by atoms with Crippen LogP contribution in [0.3, 0.4) is 0 Å². The Morgan fingerprint density at radius 2 is 2.00 bits per heavy atom. The van der Waals surface area contributed by atoms with Gasteiger partial charge in [0.25, 0.3) is 5.69 Å². The van der Waals surface area contributed by atoms with E-state index in [1.165, 1.54) is 35.3 Å². The molecule has 9 nitrogen and oxygen atoms in total. The Morgan fingerprint density at radius 3 is 2.68 bits per heavy atom. The van der Waals surface area contributed by atoms with Gasteiger partial charge in [0.1, 0.15) is 6.33 Å². The number of hydrogen-bond donors (Lipinski definition) is 1. The third-order valence-electron chi connectivity index (χ3n) is 3.26. The van der Waals surface area contributed by atoms with Crippen LogP contribution in [0.25, 0.3) is 11.8 Å². The largest absolute Gasteiger partial charge is 0.323 e. The highest BCUT2D eigenvalue weighted by Crippen LogP contribution is 2.15. The van der Waals surface area contributed by atoms with Crippen LogP contribution in [0, 0.1) is 10.1 Å². The van der Waals surface area contributed by atoms with Gasteiger partial charge >= 0.3 is 0 Å². The van der Waals surface area contributed by atoms with E-state index in [4.69, 9.17) is 0 Å².